The molecule has 2 aliphatic heterocycles. The number of halogens is 2. The number of fused-ring (bicyclic) bond motifs is 2. The van der Waals surface area contributed by atoms with Gasteiger partial charge in [0.15, 0.2) is 0 Å². The van der Waals surface area contributed by atoms with E-state index in [1.807, 2.05) is 27.7 Å². The quantitative estimate of drug-likeness (QED) is 0.129. The van der Waals surface area contributed by atoms with Crippen LogP contribution in [0.1, 0.15) is 47.5 Å². The maximum absolute atomic E-state index is 13.5. The number of hydrogen-bond acceptors (Lipinski definition) is 12. The van der Waals surface area contributed by atoms with E-state index in [0.29, 0.717) is 132 Å². The Kier molecular flexibility index (Phi) is 17.0. The van der Waals surface area contributed by atoms with Crippen LogP contribution in [-0.2, 0) is 52.0 Å². The van der Waals surface area contributed by atoms with Crippen molar-refractivity contribution in [2.45, 2.75) is 70.3 Å². The third-order valence-electron chi connectivity index (χ3n) is 12.9. The average Bonchev–Trinajstić information content (AvgIpc) is 3.91. The van der Waals surface area contributed by atoms with Crippen LogP contribution in [-0.4, -0.2) is 142 Å². The van der Waals surface area contributed by atoms with Crippen molar-refractivity contribution in [3.63, 3.8) is 0 Å². The largest absolute Gasteiger partial charge is 0.493 e. The van der Waals surface area contributed by atoms with Crippen molar-refractivity contribution < 1.29 is 31.1 Å². The number of benzene rings is 2. The number of piperazine rings is 2. The fourth-order valence-electron chi connectivity index (χ4n) is 8.97. The van der Waals surface area contributed by atoms with Gasteiger partial charge in [-0.15, -0.1) is 0 Å². The van der Waals surface area contributed by atoms with Crippen LogP contribution in [0.25, 0.3) is 44.6 Å². The lowest BCUT2D eigenvalue weighted by Crippen LogP contribution is -2.48. The molecule has 8 rings (SSSR count). The van der Waals surface area contributed by atoms with Gasteiger partial charge in [0.1, 0.15) is 22.5 Å². The molecule has 2 aliphatic rings. The average molecular weight is 1160 g/mol. The molecule has 0 unspecified atom stereocenters. The Hall–Kier alpha value is -5.31. The first kappa shape index (κ1) is 54.5. The highest BCUT2D eigenvalue weighted by molar-refractivity contribution is 9.11. The van der Waals surface area contributed by atoms with E-state index in [1.165, 1.54) is 44.3 Å². The molecule has 6 aromatic rings. The topological polar surface area (TPSA) is 236 Å². The molecule has 0 atom stereocenters. The Bertz CT molecular complexity index is 3490. The number of carbonyl (C=O) groups is 1. The van der Waals surface area contributed by atoms with E-state index in [9.17, 15) is 40.8 Å². The Morgan fingerprint density at radius 2 is 0.986 bits per heavy atom. The van der Waals surface area contributed by atoms with Crippen molar-refractivity contribution in [3.8, 4) is 34.0 Å². The molecule has 6 heterocycles. The fourth-order valence-corrected chi connectivity index (χ4v) is 13.3. The van der Waals surface area contributed by atoms with Crippen LogP contribution in [0.5, 0.6) is 11.5 Å². The van der Waals surface area contributed by atoms with E-state index in [0.717, 1.165) is 22.1 Å². The number of nitrogens with zero attached hydrogens (tertiary/aromatic N) is 8. The van der Waals surface area contributed by atoms with Crippen LogP contribution < -0.4 is 32.0 Å². The molecule has 390 valence electrons. The summed E-state index contributed by atoms with van der Waals surface area (Å²) in [6.45, 7) is 15.3. The fraction of sp³-hybridized carbons (Fsp3) is 0.468. The van der Waals surface area contributed by atoms with Gasteiger partial charge in [0.25, 0.3) is 11.1 Å². The second-order valence-corrected chi connectivity index (χ2v) is 22.7. The maximum atomic E-state index is 13.5. The van der Waals surface area contributed by atoms with Gasteiger partial charge < -0.3 is 29.2 Å². The summed E-state index contributed by atoms with van der Waals surface area (Å²) in [5.41, 5.74) is 1.42. The molecule has 2 saturated heterocycles. The molecular weight excluding hydrogens is 1100 g/mol. The van der Waals surface area contributed by atoms with Crippen LogP contribution in [0, 0.1) is 0 Å². The van der Waals surface area contributed by atoms with Crippen molar-refractivity contribution in [2.75, 3.05) is 72.1 Å². The zero-order valence-corrected chi connectivity index (χ0v) is 46.1. The van der Waals surface area contributed by atoms with Crippen LogP contribution in [0.15, 0.2) is 74.3 Å². The standard InChI is InChI=1S/C24H32BrN5O5S.C23H28BrN5O6S/c1-5-10-30-22-19(25)20(26-21(22)23(31)27(4)24(30)32)17-15-16(8-9-18(17)35-7-3)36(33,34)29-13-11-28(6-2)12-14-29;1-4-8-29-21-18(24)19(25-20(21)22(31)26(3)23(29)32)16-13-15(6-7-17(16)35-5-2)36(33,34)28-11-9-27(14-30)10-12-28/h8-9,15,26H,5-7,10-14H2,1-4H3;6-7,13-14,25H,4-5,8-12H2,1-3H3. The number of nitrogens with one attached hydrogen (secondary N) is 2. The molecule has 21 nitrogen and oxygen atoms in total. The first-order chi connectivity index (χ1) is 34.3. The van der Waals surface area contributed by atoms with Crippen molar-refractivity contribution in [3.05, 3.63) is 87.0 Å². The number of aromatic amines is 2. The van der Waals surface area contributed by atoms with Gasteiger partial charge in [0.05, 0.1) is 54.4 Å². The van der Waals surface area contributed by atoms with Crippen LogP contribution in [0.3, 0.4) is 0 Å². The summed E-state index contributed by atoms with van der Waals surface area (Å²) in [5.74, 6) is 0.899. The monoisotopic (exact) mass is 1160 g/mol. The second-order valence-electron chi connectivity index (χ2n) is 17.2. The van der Waals surface area contributed by atoms with E-state index >= 15 is 0 Å². The molecule has 1 amide bonds. The van der Waals surface area contributed by atoms with Crippen molar-refractivity contribution >= 4 is 80.4 Å². The lowest BCUT2D eigenvalue weighted by Gasteiger charge is -2.33. The van der Waals surface area contributed by atoms with Crippen molar-refractivity contribution in [1.82, 2.24) is 46.6 Å². The van der Waals surface area contributed by atoms with Gasteiger partial charge >= 0.3 is 11.4 Å². The first-order valence-electron chi connectivity index (χ1n) is 23.8. The van der Waals surface area contributed by atoms with Gasteiger partial charge in [-0.1, -0.05) is 20.8 Å². The number of rotatable bonds is 16. The molecule has 2 fully saturated rings. The molecule has 0 spiro atoms. The predicted molar refractivity (Wildman–Crippen MR) is 282 cm³/mol. The summed E-state index contributed by atoms with van der Waals surface area (Å²) in [7, 11) is -4.72. The van der Waals surface area contributed by atoms with Crippen molar-refractivity contribution in [2.24, 2.45) is 14.1 Å². The molecular formula is C47H60Br2N10O11S2. The number of amides is 1. The Morgan fingerprint density at radius 3 is 1.33 bits per heavy atom. The molecule has 0 radical (unpaired) electrons. The normalized spacial score (nSPS) is 15.3. The Morgan fingerprint density at radius 1 is 0.597 bits per heavy atom. The Labute approximate surface area is 433 Å². The highest BCUT2D eigenvalue weighted by atomic mass is 79.9. The van der Waals surface area contributed by atoms with Gasteiger partial charge in [0.2, 0.25) is 26.5 Å². The third-order valence-corrected chi connectivity index (χ3v) is 18.2. The number of aryl methyl sites for hydroxylation is 2. The van der Waals surface area contributed by atoms with Crippen molar-refractivity contribution in [1.29, 1.82) is 0 Å². The van der Waals surface area contributed by atoms with Gasteiger partial charge in [-0.3, -0.25) is 32.7 Å². The number of carbonyl (C=O) groups excluding carboxylic acids is 1. The van der Waals surface area contributed by atoms with Gasteiger partial charge in [-0.25, -0.2) is 26.4 Å². The first-order valence-corrected chi connectivity index (χ1v) is 28.3. The number of likely N-dealkylation sites (N-methyl/N-ethyl adjacent to an activating group) is 1. The minimum absolute atomic E-state index is 0.0601. The van der Waals surface area contributed by atoms with E-state index in [4.69, 9.17) is 9.47 Å². The molecule has 0 aliphatic carbocycles. The number of H-pyrrole nitrogens is 2. The maximum Gasteiger partial charge on any atom is 0.331 e. The van der Waals surface area contributed by atoms with Gasteiger partial charge in [-0.2, -0.15) is 8.61 Å². The summed E-state index contributed by atoms with van der Waals surface area (Å²) in [5, 5.41) is 0. The zero-order valence-electron chi connectivity index (χ0n) is 41.3. The SMILES string of the molecule is CCCn1c(=O)n(C)c(=O)c2[nH]c(-c3cc(S(=O)(=O)N4CCN(C=O)CC4)ccc3OCC)c(Br)c21.CCCn1c(=O)n(C)c(=O)c2[nH]c(-c3cc(S(=O)(=O)N4CCN(CC)CC4)ccc3OCC)c(Br)c21. The molecule has 25 heteroatoms. The molecule has 0 bridgehead atoms. The molecule has 0 saturated carbocycles. The van der Waals surface area contributed by atoms with Gasteiger partial charge in [0, 0.05) is 90.7 Å². The summed E-state index contributed by atoms with van der Waals surface area (Å²) in [6.07, 6.45) is 2.09. The van der Waals surface area contributed by atoms with E-state index in [2.05, 4.69) is 53.7 Å². The summed E-state index contributed by atoms with van der Waals surface area (Å²) in [6, 6.07) is 9.35. The van der Waals surface area contributed by atoms with E-state index < -0.39 is 42.5 Å². The van der Waals surface area contributed by atoms with Crippen LogP contribution >= 0.6 is 31.9 Å². The van der Waals surface area contributed by atoms with E-state index in [-0.39, 0.29) is 33.9 Å². The predicted octanol–water partition coefficient (Wildman–Crippen LogP) is 4.32. The van der Waals surface area contributed by atoms with Crippen LogP contribution in [0.4, 0.5) is 0 Å². The minimum atomic E-state index is -3.85. The lowest BCUT2D eigenvalue weighted by atomic mass is 10.1. The lowest BCUT2D eigenvalue weighted by molar-refractivity contribution is -0.119. The molecule has 4 aromatic heterocycles. The summed E-state index contributed by atoms with van der Waals surface area (Å²) < 4.78 is 74.6. The molecule has 72 heavy (non-hydrogen) atoms. The second kappa shape index (κ2) is 22.4. The smallest absolute Gasteiger partial charge is 0.331 e. The number of hydrogen-bond donors (Lipinski definition) is 2. The number of aromatic nitrogens is 6. The number of ether oxygens (including phenoxy) is 2. The third kappa shape index (κ3) is 10.2. The Balaban J connectivity index is 0.000000211. The number of sulfonamides is 2. The summed E-state index contributed by atoms with van der Waals surface area (Å²) in [4.78, 5) is 72.8. The highest BCUT2D eigenvalue weighted by Gasteiger charge is 2.32. The molecule has 2 aromatic carbocycles. The zero-order chi connectivity index (χ0) is 52.4. The van der Waals surface area contributed by atoms with Crippen LogP contribution in [0.2, 0.25) is 0 Å². The highest BCUT2D eigenvalue weighted by Crippen LogP contribution is 2.41. The van der Waals surface area contributed by atoms with E-state index in [1.54, 1.807) is 28.8 Å². The summed E-state index contributed by atoms with van der Waals surface area (Å²) >= 11 is 7.15. The minimum Gasteiger partial charge on any atom is -0.493 e. The van der Waals surface area contributed by atoms with Gasteiger partial charge in [-0.05, 0) is 101 Å². The molecule has 2 N–H and O–H groups in total.